The van der Waals surface area contributed by atoms with Gasteiger partial charge in [0, 0.05) is 54.7 Å². The molecule has 28 heavy (non-hydrogen) atoms. The summed E-state index contributed by atoms with van der Waals surface area (Å²) in [6.07, 6.45) is 3.68. The molecule has 1 aliphatic heterocycles. The SMILES string of the molecule is CCCn1c(=O)cc(C)c2cnc(Nc3ccc(N4CCC(N)C4)cc3)nc21. The van der Waals surface area contributed by atoms with Gasteiger partial charge in [0.2, 0.25) is 5.95 Å². The van der Waals surface area contributed by atoms with Crippen molar-refractivity contribution in [3.8, 4) is 0 Å². The third kappa shape index (κ3) is 3.57. The maximum atomic E-state index is 12.4. The monoisotopic (exact) mass is 378 g/mol. The van der Waals surface area contributed by atoms with Crippen molar-refractivity contribution in [3.05, 3.63) is 52.4 Å². The molecule has 0 spiro atoms. The summed E-state index contributed by atoms with van der Waals surface area (Å²) >= 11 is 0. The Bertz CT molecular complexity index is 1040. The number of aryl methyl sites for hydroxylation is 2. The molecule has 0 bridgehead atoms. The highest BCUT2D eigenvalue weighted by Crippen LogP contribution is 2.23. The van der Waals surface area contributed by atoms with E-state index in [1.54, 1.807) is 16.8 Å². The first-order valence-corrected chi connectivity index (χ1v) is 9.80. The lowest BCUT2D eigenvalue weighted by Crippen LogP contribution is -2.26. The van der Waals surface area contributed by atoms with Crippen LogP contribution in [0.4, 0.5) is 17.3 Å². The smallest absolute Gasteiger partial charge is 0.252 e. The number of fused-ring (bicyclic) bond motifs is 1. The van der Waals surface area contributed by atoms with Gasteiger partial charge in [0.25, 0.3) is 5.56 Å². The van der Waals surface area contributed by atoms with E-state index in [4.69, 9.17) is 5.73 Å². The molecule has 146 valence electrons. The van der Waals surface area contributed by atoms with Crippen molar-refractivity contribution >= 4 is 28.4 Å². The molecule has 1 aliphatic rings. The van der Waals surface area contributed by atoms with Crippen molar-refractivity contribution in [1.82, 2.24) is 14.5 Å². The van der Waals surface area contributed by atoms with Crippen LogP contribution in [0.25, 0.3) is 11.0 Å². The summed E-state index contributed by atoms with van der Waals surface area (Å²) in [7, 11) is 0. The fraction of sp³-hybridized carbons (Fsp3) is 0.381. The lowest BCUT2D eigenvalue weighted by atomic mass is 10.2. The van der Waals surface area contributed by atoms with Crippen molar-refractivity contribution in [1.29, 1.82) is 0 Å². The number of nitrogens with zero attached hydrogens (tertiary/aromatic N) is 4. The molecular weight excluding hydrogens is 352 g/mol. The minimum Gasteiger partial charge on any atom is -0.370 e. The second-order valence-corrected chi connectivity index (χ2v) is 7.41. The third-order valence-electron chi connectivity index (χ3n) is 5.22. The second kappa shape index (κ2) is 7.59. The molecule has 2 aromatic heterocycles. The van der Waals surface area contributed by atoms with E-state index in [9.17, 15) is 4.79 Å². The van der Waals surface area contributed by atoms with Crippen LogP contribution >= 0.6 is 0 Å². The van der Waals surface area contributed by atoms with Crippen molar-refractivity contribution < 1.29 is 0 Å². The fourth-order valence-electron chi connectivity index (χ4n) is 3.71. The van der Waals surface area contributed by atoms with Gasteiger partial charge in [-0.15, -0.1) is 0 Å². The van der Waals surface area contributed by atoms with Gasteiger partial charge in [0.05, 0.1) is 0 Å². The zero-order chi connectivity index (χ0) is 19.7. The molecule has 3 N–H and O–H groups in total. The van der Waals surface area contributed by atoms with Gasteiger partial charge < -0.3 is 16.0 Å². The van der Waals surface area contributed by atoms with E-state index in [0.717, 1.165) is 42.6 Å². The van der Waals surface area contributed by atoms with Crippen LogP contribution in [0.2, 0.25) is 0 Å². The molecule has 4 rings (SSSR count). The molecule has 3 aromatic rings. The van der Waals surface area contributed by atoms with Crippen LogP contribution < -0.4 is 21.5 Å². The van der Waals surface area contributed by atoms with Gasteiger partial charge in [0.1, 0.15) is 5.65 Å². The summed E-state index contributed by atoms with van der Waals surface area (Å²) in [5, 5.41) is 4.15. The minimum atomic E-state index is -0.0234. The molecule has 3 heterocycles. The summed E-state index contributed by atoms with van der Waals surface area (Å²) in [5.74, 6) is 0.485. The van der Waals surface area contributed by atoms with Crippen LogP contribution in [0.3, 0.4) is 0 Å². The zero-order valence-corrected chi connectivity index (χ0v) is 16.4. The molecule has 1 saturated heterocycles. The molecule has 1 aromatic carbocycles. The molecule has 1 atom stereocenters. The van der Waals surface area contributed by atoms with Gasteiger partial charge in [-0.3, -0.25) is 9.36 Å². The second-order valence-electron chi connectivity index (χ2n) is 7.41. The average molecular weight is 378 g/mol. The van der Waals surface area contributed by atoms with Crippen LogP contribution in [-0.4, -0.2) is 33.7 Å². The molecular formula is C21H26N6O. The number of hydrogen-bond donors (Lipinski definition) is 2. The Kier molecular flexibility index (Phi) is 5.00. The van der Waals surface area contributed by atoms with Gasteiger partial charge in [0.15, 0.2) is 0 Å². The van der Waals surface area contributed by atoms with Crippen LogP contribution in [0.1, 0.15) is 25.3 Å². The van der Waals surface area contributed by atoms with Gasteiger partial charge >= 0.3 is 0 Å². The van der Waals surface area contributed by atoms with E-state index < -0.39 is 0 Å². The molecule has 1 fully saturated rings. The van der Waals surface area contributed by atoms with E-state index in [2.05, 4.69) is 32.3 Å². The van der Waals surface area contributed by atoms with E-state index in [1.165, 1.54) is 5.69 Å². The largest absolute Gasteiger partial charge is 0.370 e. The molecule has 0 radical (unpaired) electrons. The number of anilines is 3. The van der Waals surface area contributed by atoms with Crippen molar-refractivity contribution in [2.45, 2.75) is 39.3 Å². The summed E-state index contributed by atoms with van der Waals surface area (Å²) in [6.45, 7) is 6.50. The highest BCUT2D eigenvalue weighted by Gasteiger charge is 2.19. The molecule has 0 saturated carbocycles. The molecule has 0 amide bonds. The lowest BCUT2D eigenvalue weighted by molar-refractivity contribution is 0.671. The number of pyridine rings is 1. The molecule has 7 nitrogen and oxygen atoms in total. The van der Waals surface area contributed by atoms with Crippen LogP contribution in [-0.2, 0) is 6.54 Å². The normalized spacial score (nSPS) is 16.7. The Morgan fingerprint density at radius 3 is 2.75 bits per heavy atom. The number of nitrogens with one attached hydrogen (secondary N) is 1. The van der Waals surface area contributed by atoms with Gasteiger partial charge in [-0.05, 0) is 49.6 Å². The Morgan fingerprint density at radius 1 is 1.29 bits per heavy atom. The summed E-state index contributed by atoms with van der Waals surface area (Å²) in [4.78, 5) is 23.7. The number of hydrogen-bond acceptors (Lipinski definition) is 6. The molecule has 0 aliphatic carbocycles. The lowest BCUT2D eigenvalue weighted by Gasteiger charge is -2.18. The Hall–Kier alpha value is -2.93. The minimum absolute atomic E-state index is 0.0234. The molecule has 1 unspecified atom stereocenters. The number of aromatic nitrogens is 3. The van der Waals surface area contributed by atoms with Crippen LogP contribution in [0, 0.1) is 6.92 Å². The molecule has 7 heteroatoms. The fourth-order valence-corrected chi connectivity index (χ4v) is 3.71. The maximum absolute atomic E-state index is 12.4. The van der Waals surface area contributed by atoms with Gasteiger partial charge in [-0.25, -0.2) is 4.98 Å². The van der Waals surface area contributed by atoms with E-state index >= 15 is 0 Å². The summed E-state index contributed by atoms with van der Waals surface area (Å²) in [6, 6.07) is 10.1. The van der Waals surface area contributed by atoms with Gasteiger partial charge in [-0.2, -0.15) is 4.98 Å². The van der Waals surface area contributed by atoms with Crippen molar-refractivity contribution in [3.63, 3.8) is 0 Å². The van der Waals surface area contributed by atoms with Crippen molar-refractivity contribution in [2.24, 2.45) is 5.73 Å². The first-order valence-electron chi connectivity index (χ1n) is 9.80. The predicted octanol–water partition coefficient (Wildman–Crippen LogP) is 2.79. The van der Waals surface area contributed by atoms with Gasteiger partial charge in [-0.1, -0.05) is 6.92 Å². The average Bonchev–Trinajstić information content (AvgIpc) is 3.12. The number of nitrogens with two attached hydrogens (primary N) is 1. The van der Waals surface area contributed by atoms with Crippen LogP contribution in [0.15, 0.2) is 41.3 Å². The van der Waals surface area contributed by atoms with E-state index in [0.29, 0.717) is 18.1 Å². The number of rotatable bonds is 5. The Morgan fingerprint density at radius 2 is 2.07 bits per heavy atom. The Balaban J connectivity index is 1.61. The third-order valence-corrected chi connectivity index (χ3v) is 5.22. The Labute approximate surface area is 164 Å². The zero-order valence-electron chi connectivity index (χ0n) is 16.4. The quantitative estimate of drug-likeness (QED) is 0.710. The summed E-state index contributed by atoms with van der Waals surface area (Å²) in [5.41, 5.74) is 9.62. The van der Waals surface area contributed by atoms with E-state index in [-0.39, 0.29) is 11.6 Å². The predicted molar refractivity (Wildman–Crippen MR) is 113 cm³/mol. The van der Waals surface area contributed by atoms with E-state index in [1.807, 2.05) is 26.0 Å². The van der Waals surface area contributed by atoms with Crippen molar-refractivity contribution in [2.75, 3.05) is 23.3 Å². The number of benzene rings is 1. The first kappa shape index (κ1) is 18.4. The van der Waals surface area contributed by atoms with Crippen LogP contribution in [0.5, 0.6) is 0 Å². The topological polar surface area (TPSA) is 89.1 Å². The summed E-state index contributed by atoms with van der Waals surface area (Å²) < 4.78 is 1.72. The maximum Gasteiger partial charge on any atom is 0.252 e. The standard InChI is InChI=1S/C21H26N6O/c1-3-9-27-19(28)11-14(2)18-12-23-21(25-20(18)27)24-16-4-6-17(7-5-16)26-10-8-15(22)13-26/h4-7,11-12,15H,3,8-10,13,22H2,1-2H3,(H,23,24,25). The highest BCUT2D eigenvalue weighted by atomic mass is 16.1. The highest BCUT2D eigenvalue weighted by molar-refractivity contribution is 5.79. The first-order chi connectivity index (χ1) is 13.5.